The van der Waals surface area contributed by atoms with Gasteiger partial charge in [0.25, 0.3) is 0 Å². The molecule has 4 nitrogen and oxygen atoms in total. The highest BCUT2D eigenvalue weighted by Crippen LogP contribution is 2.21. The SMILES string of the molecule is O=C(/C=C/c1cccc(Cl)c1)NCc1ccc(N2CCCC2=O)cc1. The van der Waals surface area contributed by atoms with Crippen LogP contribution in [-0.2, 0) is 16.1 Å². The van der Waals surface area contributed by atoms with Crippen LogP contribution in [0.2, 0.25) is 5.02 Å². The lowest BCUT2D eigenvalue weighted by molar-refractivity contribution is -0.117. The molecule has 0 aromatic heterocycles. The number of amides is 2. The summed E-state index contributed by atoms with van der Waals surface area (Å²) in [6.07, 6.45) is 4.75. The van der Waals surface area contributed by atoms with Gasteiger partial charge in [-0.2, -0.15) is 0 Å². The van der Waals surface area contributed by atoms with Gasteiger partial charge in [0.05, 0.1) is 0 Å². The molecule has 0 unspecified atom stereocenters. The Labute approximate surface area is 152 Å². The lowest BCUT2D eigenvalue weighted by Gasteiger charge is -2.15. The zero-order chi connectivity index (χ0) is 17.6. The number of carbonyl (C=O) groups is 2. The van der Waals surface area contributed by atoms with E-state index in [1.165, 1.54) is 6.08 Å². The Morgan fingerprint density at radius 3 is 2.68 bits per heavy atom. The number of carbonyl (C=O) groups excluding carboxylic acids is 2. The minimum Gasteiger partial charge on any atom is -0.348 e. The molecule has 0 atom stereocenters. The molecule has 25 heavy (non-hydrogen) atoms. The van der Waals surface area contributed by atoms with Gasteiger partial charge in [-0.15, -0.1) is 0 Å². The number of hydrogen-bond acceptors (Lipinski definition) is 2. The van der Waals surface area contributed by atoms with Crippen molar-refractivity contribution >= 4 is 35.2 Å². The van der Waals surface area contributed by atoms with Gasteiger partial charge >= 0.3 is 0 Å². The predicted octanol–water partition coefficient (Wildman–Crippen LogP) is 3.80. The van der Waals surface area contributed by atoms with Crippen molar-refractivity contribution in [3.05, 3.63) is 70.8 Å². The average molecular weight is 355 g/mol. The molecule has 2 aromatic rings. The maximum absolute atomic E-state index is 11.9. The molecule has 5 heteroatoms. The highest BCUT2D eigenvalue weighted by Gasteiger charge is 2.21. The van der Waals surface area contributed by atoms with Crippen molar-refractivity contribution in [2.45, 2.75) is 19.4 Å². The second kappa shape index (κ2) is 7.99. The maximum atomic E-state index is 11.9. The normalized spacial score (nSPS) is 14.3. The van der Waals surface area contributed by atoms with Gasteiger partial charge < -0.3 is 10.2 Å². The van der Waals surface area contributed by atoms with Crippen molar-refractivity contribution < 1.29 is 9.59 Å². The van der Waals surface area contributed by atoms with Gasteiger partial charge in [-0.25, -0.2) is 0 Å². The second-order valence-electron chi connectivity index (χ2n) is 5.92. The molecule has 1 heterocycles. The van der Waals surface area contributed by atoms with Crippen molar-refractivity contribution in [1.82, 2.24) is 5.32 Å². The van der Waals surface area contributed by atoms with Crippen LogP contribution in [0.3, 0.4) is 0 Å². The lowest BCUT2D eigenvalue weighted by atomic mass is 10.2. The lowest BCUT2D eigenvalue weighted by Crippen LogP contribution is -2.23. The zero-order valence-corrected chi connectivity index (χ0v) is 14.5. The Bertz CT molecular complexity index is 800. The molecular weight excluding hydrogens is 336 g/mol. The zero-order valence-electron chi connectivity index (χ0n) is 13.7. The predicted molar refractivity (Wildman–Crippen MR) is 100 cm³/mol. The molecule has 3 rings (SSSR count). The van der Waals surface area contributed by atoms with Crippen LogP contribution in [0.5, 0.6) is 0 Å². The second-order valence-corrected chi connectivity index (χ2v) is 6.36. The van der Waals surface area contributed by atoms with E-state index in [4.69, 9.17) is 11.6 Å². The summed E-state index contributed by atoms with van der Waals surface area (Å²) in [7, 11) is 0. The van der Waals surface area contributed by atoms with Crippen LogP contribution in [0.4, 0.5) is 5.69 Å². The van der Waals surface area contributed by atoms with E-state index in [-0.39, 0.29) is 11.8 Å². The molecule has 2 aromatic carbocycles. The first kappa shape index (κ1) is 17.2. The number of hydrogen-bond donors (Lipinski definition) is 1. The first-order valence-electron chi connectivity index (χ1n) is 8.22. The van der Waals surface area contributed by atoms with Crippen molar-refractivity contribution in [1.29, 1.82) is 0 Å². The Kier molecular flexibility index (Phi) is 5.51. The van der Waals surface area contributed by atoms with Gasteiger partial charge in [-0.05, 0) is 47.9 Å². The molecule has 0 spiro atoms. The quantitative estimate of drug-likeness (QED) is 0.830. The minimum atomic E-state index is -0.168. The van der Waals surface area contributed by atoms with E-state index in [0.717, 1.165) is 29.8 Å². The molecular formula is C20H19ClN2O2. The summed E-state index contributed by atoms with van der Waals surface area (Å²) in [5.74, 6) is 0.00554. The third kappa shape index (κ3) is 4.70. The summed E-state index contributed by atoms with van der Waals surface area (Å²) in [5, 5.41) is 3.48. The van der Waals surface area contributed by atoms with Crippen LogP contribution in [0, 0.1) is 0 Å². The molecule has 1 aliphatic heterocycles. The van der Waals surface area contributed by atoms with Gasteiger partial charge in [0, 0.05) is 36.3 Å². The smallest absolute Gasteiger partial charge is 0.244 e. The summed E-state index contributed by atoms with van der Waals surface area (Å²) in [6, 6.07) is 15.0. The van der Waals surface area contributed by atoms with Crippen LogP contribution in [0.15, 0.2) is 54.6 Å². The highest BCUT2D eigenvalue weighted by molar-refractivity contribution is 6.30. The molecule has 0 saturated carbocycles. The van der Waals surface area contributed by atoms with Gasteiger partial charge in [0.1, 0.15) is 0 Å². The fraction of sp³-hybridized carbons (Fsp3) is 0.200. The number of rotatable bonds is 5. The topological polar surface area (TPSA) is 49.4 Å². The average Bonchev–Trinajstić information content (AvgIpc) is 3.05. The van der Waals surface area contributed by atoms with Gasteiger partial charge in [-0.3, -0.25) is 9.59 Å². The summed E-state index contributed by atoms with van der Waals surface area (Å²) >= 11 is 5.91. The van der Waals surface area contributed by atoms with E-state index in [2.05, 4.69) is 5.32 Å². The summed E-state index contributed by atoms with van der Waals surface area (Å²) in [5.41, 5.74) is 2.78. The Morgan fingerprint density at radius 1 is 1.20 bits per heavy atom. The Balaban J connectivity index is 1.52. The molecule has 128 valence electrons. The molecule has 0 bridgehead atoms. The third-order valence-electron chi connectivity index (χ3n) is 4.06. The number of halogens is 1. The summed E-state index contributed by atoms with van der Waals surface area (Å²) in [6.45, 7) is 1.22. The number of nitrogens with zero attached hydrogens (tertiary/aromatic N) is 1. The molecule has 1 saturated heterocycles. The van der Waals surface area contributed by atoms with Crippen LogP contribution in [-0.4, -0.2) is 18.4 Å². The molecule has 0 radical (unpaired) electrons. The van der Waals surface area contributed by atoms with Crippen molar-refractivity contribution in [3.8, 4) is 0 Å². The largest absolute Gasteiger partial charge is 0.348 e. The highest BCUT2D eigenvalue weighted by atomic mass is 35.5. The Hall–Kier alpha value is -2.59. The minimum absolute atomic E-state index is 0.168. The first-order chi connectivity index (χ1) is 12.1. The maximum Gasteiger partial charge on any atom is 0.244 e. The molecule has 2 amide bonds. The van der Waals surface area contributed by atoms with Crippen molar-refractivity contribution in [2.75, 3.05) is 11.4 Å². The van der Waals surface area contributed by atoms with E-state index < -0.39 is 0 Å². The van der Waals surface area contributed by atoms with Crippen LogP contribution in [0.1, 0.15) is 24.0 Å². The molecule has 1 N–H and O–H groups in total. The number of benzene rings is 2. The first-order valence-corrected chi connectivity index (χ1v) is 8.60. The molecule has 0 aliphatic carbocycles. The van der Waals surface area contributed by atoms with Gasteiger partial charge in [0.15, 0.2) is 0 Å². The van der Waals surface area contributed by atoms with E-state index in [1.54, 1.807) is 23.1 Å². The fourth-order valence-electron chi connectivity index (χ4n) is 2.75. The van der Waals surface area contributed by atoms with Crippen molar-refractivity contribution in [2.24, 2.45) is 0 Å². The van der Waals surface area contributed by atoms with Gasteiger partial charge in [-0.1, -0.05) is 35.9 Å². The van der Waals surface area contributed by atoms with Crippen LogP contribution in [0.25, 0.3) is 6.08 Å². The third-order valence-corrected chi connectivity index (χ3v) is 4.30. The summed E-state index contributed by atoms with van der Waals surface area (Å²) < 4.78 is 0. The molecule has 1 fully saturated rings. The van der Waals surface area contributed by atoms with E-state index in [0.29, 0.717) is 18.0 Å². The fourth-order valence-corrected chi connectivity index (χ4v) is 2.94. The van der Waals surface area contributed by atoms with Gasteiger partial charge in [0.2, 0.25) is 11.8 Å². The molecule has 1 aliphatic rings. The monoisotopic (exact) mass is 354 g/mol. The van der Waals surface area contributed by atoms with Crippen LogP contribution < -0.4 is 10.2 Å². The summed E-state index contributed by atoms with van der Waals surface area (Å²) in [4.78, 5) is 25.4. The standard InChI is InChI=1S/C20H19ClN2O2/c21-17-4-1-3-15(13-17)8-11-19(24)22-14-16-6-9-18(10-7-16)23-12-2-5-20(23)25/h1,3-4,6-11,13H,2,5,12,14H2,(H,22,24)/b11-8+. The van der Waals surface area contributed by atoms with E-state index in [9.17, 15) is 9.59 Å². The number of anilines is 1. The Morgan fingerprint density at radius 2 is 2.00 bits per heavy atom. The van der Waals surface area contributed by atoms with Crippen LogP contribution >= 0.6 is 11.6 Å². The number of nitrogens with one attached hydrogen (secondary N) is 1. The van der Waals surface area contributed by atoms with E-state index >= 15 is 0 Å². The van der Waals surface area contributed by atoms with Crippen molar-refractivity contribution in [3.63, 3.8) is 0 Å². The van der Waals surface area contributed by atoms with E-state index in [1.807, 2.05) is 36.4 Å².